The van der Waals surface area contributed by atoms with Crippen molar-refractivity contribution >= 4 is 5.97 Å². The normalized spacial score (nSPS) is 62.8. The van der Waals surface area contributed by atoms with Crippen LogP contribution in [0.25, 0.3) is 0 Å². The highest BCUT2D eigenvalue weighted by Gasteiger charge is 2.69. The Morgan fingerprint density at radius 2 is 2.00 bits per heavy atom. The minimum Gasteiger partial charge on any atom is -0.462 e. The number of hydrogen-bond donors (Lipinski definition) is 1. The fraction of sp³-hybridized carbons (Fsp3) is 0.933. The van der Waals surface area contributed by atoms with Crippen molar-refractivity contribution in [3.8, 4) is 0 Å². The monoisotopic (exact) mass is 266 g/mol. The first-order valence-electron chi connectivity index (χ1n) is 7.44. The van der Waals surface area contributed by atoms with E-state index >= 15 is 0 Å². The van der Waals surface area contributed by atoms with Crippen molar-refractivity contribution in [1.29, 1.82) is 0 Å². The van der Waals surface area contributed by atoms with Crippen LogP contribution in [0.4, 0.5) is 0 Å². The highest BCUT2D eigenvalue weighted by molar-refractivity contribution is 5.74. The Balaban J connectivity index is 1.74. The second kappa shape index (κ2) is 3.34. The smallest absolute Gasteiger partial charge is 0.309 e. The molecule has 106 valence electrons. The molecule has 4 fully saturated rings. The minimum atomic E-state index is -0.421. The lowest BCUT2D eigenvalue weighted by Crippen LogP contribution is -2.49. The van der Waals surface area contributed by atoms with Crippen molar-refractivity contribution in [2.24, 2.45) is 23.7 Å². The van der Waals surface area contributed by atoms with Gasteiger partial charge in [0.15, 0.2) is 0 Å². The number of aliphatic hydroxyl groups is 1. The summed E-state index contributed by atoms with van der Waals surface area (Å²) in [5.41, 5.74) is -0.655. The van der Waals surface area contributed by atoms with Gasteiger partial charge in [0, 0.05) is 12.3 Å². The molecule has 8 atom stereocenters. The molecule has 4 nitrogen and oxygen atoms in total. The van der Waals surface area contributed by atoms with Gasteiger partial charge in [0.1, 0.15) is 6.10 Å². The summed E-state index contributed by atoms with van der Waals surface area (Å²) in [4.78, 5) is 11.8. The number of aliphatic hydroxyl groups excluding tert-OH is 1. The molecule has 4 aliphatic rings. The molecule has 0 aromatic heterocycles. The van der Waals surface area contributed by atoms with E-state index in [9.17, 15) is 9.90 Å². The second-order valence-electron chi connectivity index (χ2n) is 7.43. The predicted molar refractivity (Wildman–Crippen MR) is 67.3 cm³/mol. The first-order valence-corrected chi connectivity index (χ1v) is 7.44. The van der Waals surface area contributed by atoms with Crippen molar-refractivity contribution in [3.05, 3.63) is 0 Å². The number of fused-ring (bicyclic) bond motifs is 1. The van der Waals surface area contributed by atoms with Crippen molar-refractivity contribution in [2.45, 2.75) is 63.4 Å². The van der Waals surface area contributed by atoms with Gasteiger partial charge in [-0.3, -0.25) is 4.79 Å². The number of hydrogen-bond acceptors (Lipinski definition) is 4. The third-order valence-corrected chi connectivity index (χ3v) is 6.49. The molecule has 2 saturated carbocycles. The van der Waals surface area contributed by atoms with Gasteiger partial charge in [0.2, 0.25) is 0 Å². The first kappa shape index (κ1) is 12.2. The zero-order valence-corrected chi connectivity index (χ0v) is 11.8. The van der Waals surface area contributed by atoms with Crippen LogP contribution in [0, 0.1) is 23.7 Å². The molecule has 2 heterocycles. The molecule has 4 heteroatoms. The van der Waals surface area contributed by atoms with Crippen molar-refractivity contribution < 1.29 is 19.4 Å². The van der Waals surface area contributed by atoms with Crippen LogP contribution < -0.4 is 0 Å². The maximum absolute atomic E-state index is 11.8. The molecule has 1 N–H and O–H groups in total. The lowest BCUT2D eigenvalue weighted by molar-refractivity contribution is -0.194. The van der Waals surface area contributed by atoms with Gasteiger partial charge in [0.25, 0.3) is 0 Å². The van der Waals surface area contributed by atoms with Gasteiger partial charge in [-0.2, -0.15) is 0 Å². The number of rotatable bonds is 0. The molecule has 2 aliphatic heterocycles. The number of carbonyl (C=O) groups is 1. The Bertz CT molecular complexity index is 449. The average Bonchev–Trinajstić information content (AvgIpc) is 2.73. The van der Waals surface area contributed by atoms with Crippen LogP contribution in [0.2, 0.25) is 0 Å². The van der Waals surface area contributed by atoms with Crippen molar-refractivity contribution in [3.63, 3.8) is 0 Å². The number of esters is 1. The van der Waals surface area contributed by atoms with Gasteiger partial charge in [-0.15, -0.1) is 0 Å². The Morgan fingerprint density at radius 1 is 1.26 bits per heavy atom. The number of carbonyl (C=O) groups excluding carboxylic acids is 1. The highest BCUT2D eigenvalue weighted by atomic mass is 16.6. The topological polar surface area (TPSA) is 55.8 Å². The van der Waals surface area contributed by atoms with E-state index in [2.05, 4.69) is 13.8 Å². The molecular formula is C15H22O4. The zero-order valence-electron chi connectivity index (χ0n) is 11.8. The van der Waals surface area contributed by atoms with Gasteiger partial charge in [-0.05, 0) is 38.5 Å². The largest absolute Gasteiger partial charge is 0.462 e. The Morgan fingerprint density at radius 3 is 2.74 bits per heavy atom. The zero-order chi connectivity index (χ0) is 13.6. The molecule has 0 radical (unpaired) electrons. The van der Waals surface area contributed by atoms with E-state index in [-0.39, 0.29) is 29.7 Å². The Labute approximate surface area is 113 Å². The fourth-order valence-electron chi connectivity index (χ4n) is 5.36. The van der Waals surface area contributed by atoms with Crippen LogP contribution >= 0.6 is 0 Å². The van der Waals surface area contributed by atoms with Crippen LogP contribution in [-0.2, 0) is 14.3 Å². The summed E-state index contributed by atoms with van der Waals surface area (Å²) in [5.74, 6) is 1.00. The van der Waals surface area contributed by atoms with E-state index in [1.807, 2.05) is 6.92 Å². The molecule has 0 aromatic rings. The van der Waals surface area contributed by atoms with Gasteiger partial charge in [-0.1, -0.05) is 6.92 Å². The molecule has 0 aromatic carbocycles. The third-order valence-electron chi connectivity index (χ3n) is 6.49. The maximum atomic E-state index is 11.8. The lowest BCUT2D eigenvalue weighted by atomic mass is 9.78. The quantitative estimate of drug-likeness (QED) is 0.675. The van der Waals surface area contributed by atoms with E-state index in [1.54, 1.807) is 0 Å². The Kier molecular flexibility index (Phi) is 2.14. The van der Waals surface area contributed by atoms with Gasteiger partial charge in [-0.25, -0.2) is 0 Å². The standard InChI is InChI=1S/C15H22O4/c1-7-8-4-10-9-5-12(16)15(10,3)19-14(9,2)6-11(8)18-13(7)17/h7-12,16H,4-6H2,1-3H3. The molecule has 8 unspecified atom stereocenters. The molecule has 2 saturated heterocycles. The van der Waals surface area contributed by atoms with E-state index in [0.29, 0.717) is 17.8 Å². The van der Waals surface area contributed by atoms with E-state index in [1.165, 1.54) is 0 Å². The lowest BCUT2D eigenvalue weighted by Gasteiger charge is -2.42. The highest BCUT2D eigenvalue weighted by Crippen LogP contribution is 2.63. The Hall–Kier alpha value is -0.610. The minimum absolute atomic E-state index is 0.00640. The van der Waals surface area contributed by atoms with E-state index in [4.69, 9.17) is 9.47 Å². The SMILES string of the molecule is CC1C(=O)OC2CC3(C)OC4(C)C(O)CC3C4CC21. The van der Waals surface area contributed by atoms with Gasteiger partial charge >= 0.3 is 5.97 Å². The molecule has 4 rings (SSSR count). The summed E-state index contributed by atoms with van der Waals surface area (Å²) in [6.45, 7) is 6.17. The molecule has 4 bridgehead atoms. The van der Waals surface area contributed by atoms with Crippen LogP contribution in [-0.4, -0.2) is 34.5 Å². The maximum Gasteiger partial charge on any atom is 0.309 e. The van der Waals surface area contributed by atoms with Crippen LogP contribution in [0.3, 0.4) is 0 Å². The fourth-order valence-corrected chi connectivity index (χ4v) is 5.36. The molecule has 0 spiro atoms. The summed E-state index contributed by atoms with van der Waals surface area (Å²) in [6.07, 6.45) is 2.22. The second-order valence-corrected chi connectivity index (χ2v) is 7.43. The van der Waals surface area contributed by atoms with Gasteiger partial charge < -0.3 is 14.6 Å². The third kappa shape index (κ3) is 1.30. The van der Waals surface area contributed by atoms with E-state index < -0.39 is 5.60 Å². The van der Waals surface area contributed by atoms with Gasteiger partial charge in [0.05, 0.1) is 23.2 Å². The molecule has 19 heavy (non-hydrogen) atoms. The summed E-state index contributed by atoms with van der Waals surface area (Å²) in [6, 6.07) is 0. The number of ether oxygens (including phenoxy) is 2. The summed E-state index contributed by atoms with van der Waals surface area (Å²) in [7, 11) is 0. The molecule has 2 aliphatic carbocycles. The predicted octanol–water partition coefficient (Wildman–Crippen LogP) is 1.50. The summed E-state index contributed by atoms with van der Waals surface area (Å²) >= 11 is 0. The van der Waals surface area contributed by atoms with Crippen molar-refractivity contribution in [1.82, 2.24) is 0 Å². The van der Waals surface area contributed by atoms with Crippen LogP contribution in [0.15, 0.2) is 0 Å². The average molecular weight is 266 g/mol. The molecule has 0 amide bonds. The molecular weight excluding hydrogens is 244 g/mol. The van der Waals surface area contributed by atoms with E-state index in [0.717, 1.165) is 19.3 Å². The first-order chi connectivity index (χ1) is 8.85. The van der Waals surface area contributed by atoms with Crippen molar-refractivity contribution in [2.75, 3.05) is 0 Å². The summed E-state index contributed by atoms with van der Waals surface area (Å²) < 4.78 is 11.9. The van der Waals surface area contributed by atoms with Crippen LogP contribution in [0.1, 0.15) is 40.0 Å². The summed E-state index contributed by atoms with van der Waals surface area (Å²) in [5, 5.41) is 10.3. The van der Waals surface area contributed by atoms with Crippen LogP contribution in [0.5, 0.6) is 0 Å².